The molecule has 1 unspecified atom stereocenters. The second kappa shape index (κ2) is 7.08. The van der Waals surface area contributed by atoms with Gasteiger partial charge in [-0.3, -0.25) is 0 Å². The summed E-state index contributed by atoms with van der Waals surface area (Å²) >= 11 is 4.97. The molecule has 0 spiro atoms. The number of hydrogen-bond donors (Lipinski definition) is 1. The summed E-state index contributed by atoms with van der Waals surface area (Å²) in [4.78, 5) is 0.657. The van der Waals surface area contributed by atoms with Crippen LogP contribution in [0.1, 0.15) is 5.56 Å². The number of rotatable bonds is 5. The molecule has 0 saturated carbocycles. The molecule has 0 fully saturated rings. The topological polar surface area (TPSA) is 26.0 Å². The molecule has 0 aliphatic heterocycles. The number of benzene rings is 2. The monoisotopic (exact) mass is 339 g/mol. The van der Waals surface area contributed by atoms with Gasteiger partial charge in [-0.2, -0.15) is 0 Å². The second-order valence-electron chi connectivity index (χ2n) is 4.30. The molecule has 19 heavy (non-hydrogen) atoms. The van der Waals surface area contributed by atoms with Crippen molar-refractivity contribution in [2.24, 2.45) is 5.73 Å². The first-order valence-electron chi connectivity index (χ1n) is 6.03. The van der Waals surface area contributed by atoms with E-state index in [-0.39, 0.29) is 11.9 Å². The van der Waals surface area contributed by atoms with Gasteiger partial charge in [-0.25, -0.2) is 4.39 Å². The lowest BCUT2D eigenvalue weighted by atomic mass is 10.1. The van der Waals surface area contributed by atoms with Crippen LogP contribution in [0.3, 0.4) is 0 Å². The fraction of sp³-hybridized carbons (Fsp3) is 0.200. The Kier molecular flexibility index (Phi) is 5.43. The highest BCUT2D eigenvalue weighted by atomic mass is 79.9. The molecule has 0 amide bonds. The molecule has 0 aromatic heterocycles. The molecule has 100 valence electrons. The van der Waals surface area contributed by atoms with Crippen molar-refractivity contribution < 1.29 is 4.39 Å². The third-order valence-electron chi connectivity index (χ3n) is 2.73. The molecule has 2 rings (SSSR count). The summed E-state index contributed by atoms with van der Waals surface area (Å²) in [6, 6.07) is 14.8. The molecule has 0 bridgehead atoms. The summed E-state index contributed by atoms with van der Waals surface area (Å²) in [5, 5.41) is 0. The van der Waals surface area contributed by atoms with Gasteiger partial charge in [-0.05, 0) is 30.2 Å². The molecule has 2 aromatic rings. The van der Waals surface area contributed by atoms with Crippen LogP contribution >= 0.6 is 27.7 Å². The summed E-state index contributed by atoms with van der Waals surface area (Å²) in [5.74, 6) is 0.517. The fourth-order valence-electron chi connectivity index (χ4n) is 1.76. The summed E-state index contributed by atoms with van der Waals surface area (Å²) in [6.45, 7) is 0. The van der Waals surface area contributed by atoms with E-state index in [0.717, 1.165) is 10.9 Å². The second-order valence-corrected chi connectivity index (χ2v) is 6.21. The van der Waals surface area contributed by atoms with E-state index in [1.807, 2.05) is 24.3 Å². The molecule has 0 heterocycles. The van der Waals surface area contributed by atoms with Crippen LogP contribution in [0.4, 0.5) is 4.39 Å². The fourth-order valence-corrected chi connectivity index (χ4v) is 3.10. The minimum atomic E-state index is -0.180. The Labute approximate surface area is 125 Å². The molecular weight excluding hydrogens is 325 g/mol. The number of nitrogens with two attached hydrogens (primary N) is 1. The first kappa shape index (κ1) is 14.6. The zero-order chi connectivity index (χ0) is 13.7. The summed E-state index contributed by atoms with van der Waals surface area (Å²) in [5.41, 5.74) is 7.29. The molecule has 1 nitrogen and oxygen atoms in total. The molecule has 2 N–H and O–H groups in total. The Morgan fingerprint density at radius 3 is 2.53 bits per heavy atom. The van der Waals surface area contributed by atoms with E-state index in [0.29, 0.717) is 10.6 Å². The van der Waals surface area contributed by atoms with Gasteiger partial charge < -0.3 is 5.73 Å². The first-order chi connectivity index (χ1) is 9.16. The van der Waals surface area contributed by atoms with Crippen LogP contribution in [-0.2, 0) is 6.42 Å². The van der Waals surface area contributed by atoms with E-state index in [1.165, 1.54) is 23.4 Å². The van der Waals surface area contributed by atoms with Gasteiger partial charge in [0.05, 0.1) is 0 Å². The SMILES string of the molecule is NC(CSc1ccccc1F)Cc1ccccc1Br. The van der Waals surface area contributed by atoms with E-state index < -0.39 is 0 Å². The first-order valence-corrected chi connectivity index (χ1v) is 7.81. The summed E-state index contributed by atoms with van der Waals surface area (Å²) in [7, 11) is 0. The van der Waals surface area contributed by atoms with Crippen LogP contribution < -0.4 is 5.73 Å². The smallest absolute Gasteiger partial charge is 0.136 e. The van der Waals surface area contributed by atoms with E-state index >= 15 is 0 Å². The van der Waals surface area contributed by atoms with Crippen LogP contribution in [0, 0.1) is 5.82 Å². The van der Waals surface area contributed by atoms with Gasteiger partial charge in [0.25, 0.3) is 0 Å². The predicted octanol–water partition coefficient (Wildman–Crippen LogP) is 4.25. The van der Waals surface area contributed by atoms with Gasteiger partial charge in [0.2, 0.25) is 0 Å². The lowest BCUT2D eigenvalue weighted by molar-refractivity contribution is 0.601. The summed E-state index contributed by atoms with van der Waals surface area (Å²) in [6.07, 6.45) is 0.781. The highest BCUT2D eigenvalue weighted by molar-refractivity contribution is 9.10. The Morgan fingerprint density at radius 2 is 1.79 bits per heavy atom. The van der Waals surface area contributed by atoms with Crippen molar-refractivity contribution in [3.05, 3.63) is 64.4 Å². The summed E-state index contributed by atoms with van der Waals surface area (Å²) < 4.78 is 14.5. The number of hydrogen-bond acceptors (Lipinski definition) is 2. The van der Waals surface area contributed by atoms with Gasteiger partial charge in [0.1, 0.15) is 5.82 Å². The number of halogens is 2. The minimum Gasteiger partial charge on any atom is -0.327 e. The Balaban J connectivity index is 1.90. The normalized spacial score (nSPS) is 12.4. The van der Waals surface area contributed by atoms with E-state index in [4.69, 9.17) is 5.73 Å². The van der Waals surface area contributed by atoms with Crippen molar-refractivity contribution in [3.8, 4) is 0 Å². The lowest BCUT2D eigenvalue weighted by Gasteiger charge is -2.12. The zero-order valence-electron chi connectivity index (χ0n) is 10.4. The zero-order valence-corrected chi connectivity index (χ0v) is 12.8. The van der Waals surface area contributed by atoms with Crippen molar-refractivity contribution in [2.75, 3.05) is 5.75 Å². The van der Waals surface area contributed by atoms with Crippen LogP contribution in [0.15, 0.2) is 57.9 Å². The van der Waals surface area contributed by atoms with E-state index in [1.54, 1.807) is 12.1 Å². The van der Waals surface area contributed by atoms with Gasteiger partial charge in [-0.1, -0.05) is 46.3 Å². The third-order valence-corrected chi connectivity index (χ3v) is 4.74. The Morgan fingerprint density at radius 1 is 1.11 bits per heavy atom. The third kappa shape index (κ3) is 4.34. The van der Waals surface area contributed by atoms with Gasteiger partial charge in [-0.15, -0.1) is 11.8 Å². The maximum atomic E-state index is 13.5. The molecule has 0 saturated heterocycles. The quantitative estimate of drug-likeness (QED) is 0.824. The number of thioether (sulfide) groups is 1. The standard InChI is InChI=1S/C15H15BrFNS/c16-13-6-2-1-5-11(13)9-12(18)10-19-15-8-4-3-7-14(15)17/h1-8,12H,9-10,18H2. The molecule has 0 aliphatic carbocycles. The maximum absolute atomic E-state index is 13.5. The van der Waals surface area contributed by atoms with Crippen LogP contribution in [0.5, 0.6) is 0 Å². The van der Waals surface area contributed by atoms with Gasteiger partial charge in [0, 0.05) is 21.2 Å². The molecular formula is C15H15BrFNS. The van der Waals surface area contributed by atoms with Gasteiger partial charge in [0.15, 0.2) is 0 Å². The molecule has 4 heteroatoms. The van der Waals surface area contributed by atoms with Crippen molar-refractivity contribution in [1.82, 2.24) is 0 Å². The van der Waals surface area contributed by atoms with Crippen molar-refractivity contribution in [3.63, 3.8) is 0 Å². The average molecular weight is 340 g/mol. The minimum absolute atomic E-state index is 0.00306. The molecule has 2 aromatic carbocycles. The van der Waals surface area contributed by atoms with Crippen molar-refractivity contribution in [2.45, 2.75) is 17.4 Å². The van der Waals surface area contributed by atoms with Gasteiger partial charge >= 0.3 is 0 Å². The van der Waals surface area contributed by atoms with E-state index in [2.05, 4.69) is 22.0 Å². The predicted molar refractivity (Wildman–Crippen MR) is 82.9 cm³/mol. The van der Waals surface area contributed by atoms with Crippen LogP contribution in [0.25, 0.3) is 0 Å². The van der Waals surface area contributed by atoms with E-state index in [9.17, 15) is 4.39 Å². The average Bonchev–Trinajstić information content (AvgIpc) is 2.40. The van der Waals surface area contributed by atoms with Crippen molar-refractivity contribution in [1.29, 1.82) is 0 Å². The van der Waals surface area contributed by atoms with Crippen LogP contribution in [-0.4, -0.2) is 11.8 Å². The Hall–Kier alpha value is -0.840. The molecule has 0 radical (unpaired) electrons. The van der Waals surface area contributed by atoms with Crippen molar-refractivity contribution >= 4 is 27.7 Å². The molecule has 1 atom stereocenters. The van der Waals surface area contributed by atoms with Crippen LogP contribution in [0.2, 0.25) is 0 Å². The largest absolute Gasteiger partial charge is 0.327 e. The highest BCUT2D eigenvalue weighted by Gasteiger charge is 2.09. The highest BCUT2D eigenvalue weighted by Crippen LogP contribution is 2.23. The Bertz CT molecular complexity index is 547. The molecule has 0 aliphatic rings. The lowest BCUT2D eigenvalue weighted by Crippen LogP contribution is -2.25. The maximum Gasteiger partial charge on any atom is 0.136 e.